The molecule has 0 amide bonds. The Hall–Kier alpha value is -3.68. The summed E-state index contributed by atoms with van der Waals surface area (Å²) in [5, 5.41) is 13.6. The van der Waals surface area contributed by atoms with Crippen LogP contribution in [0.15, 0.2) is 45.8 Å². The number of aromatic carboxylic acids is 1. The zero-order valence-corrected chi connectivity index (χ0v) is 14.9. The van der Waals surface area contributed by atoms with E-state index in [0.29, 0.717) is 22.7 Å². The van der Waals surface area contributed by atoms with E-state index in [4.69, 9.17) is 4.52 Å². The lowest BCUT2D eigenvalue weighted by atomic mass is 10.0. The maximum atomic E-state index is 12.2. The molecule has 0 saturated carbocycles. The topological polar surface area (TPSA) is 103 Å². The smallest absolute Gasteiger partial charge is 0.356 e. The second-order valence-corrected chi connectivity index (χ2v) is 6.27. The van der Waals surface area contributed by atoms with Crippen LogP contribution in [-0.4, -0.2) is 30.4 Å². The molecule has 1 N–H and O–H groups in total. The van der Waals surface area contributed by atoms with E-state index in [0.717, 1.165) is 16.7 Å². The summed E-state index contributed by atoms with van der Waals surface area (Å²) in [6, 6.07) is 9.16. The van der Waals surface area contributed by atoms with E-state index in [1.807, 2.05) is 24.3 Å². The normalized spacial score (nSPS) is 11.2. The molecule has 0 spiro atoms. The maximum absolute atomic E-state index is 12.2. The van der Waals surface area contributed by atoms with Gasteiger partial charge in [0, 0.05) is 18.8 Å². The van der Waals surface area contributed by atoms with Crippen LogP contribution in [0.2, 0.25) is 0 Å². The first-order chi connectivity index (χ1) is 12.8. The molecule has 4 aromatic rings. The van der Waals surface area contributed by atoms with E-state index < -0.39 is 5.97 Å². The van der Waals surface area contributed by atoms with Crippen molar-refractivity contribution in [1.82, 2.24) is 19.3 Å². The summed E-state index contributed by atoms with van der Waals surface area (Å²) in [7, 11) is 1.57. The Balaban J connectivity index is 1.80. The first-order valence-corrected chi connectivity index (χ1v) is 8.23. The molecule has 3 aromatic heterocycles. The summed E-state index contributed by atoms with van der Waals surface area (Å²) in [6.07, 6.45) is 1.76. The van der Waals surface area contributed by atoms with Crippen LogP contribution < -0.4 is 5.56 Å². The van der Waals surface area contributed by atoms with Crippen LogP contribution in [0, 0.1) is 13.8 Å². The molecule has 27 heavy (non-hydrogen) atoms. The van der Waals surface area contributed by atoms with Crippen LogP contribution in [0.4, 0.5) is 0 Å². The zero-order chi connectivity index (χ0) is 19.3. The standard InChI is InChI=1S/C19H16N4O4/c1-10-16(18(24)22(3)27-10)13-6-4-12(5-7-13)14-8-15-17(19(25)26)20-11(2)21-23(15)9-14/h4-9H,1-3H3,(H,25,26). The Morgan fingerprint density at radius 1 is 1.11 bits per heavy atom. The van der Waals surface area contributed by atoms with Crippen LogP contribution in [0.1, 0.15) is 22.1 Å². The number of benzene rings is 1. The number of nitrogens with zero attached hydrogens (tertiary/aromatic N) is 4. The van der Waals surface area contributed by atoms with Crippen molar-refractivity contribution >= 4 is 11.5 Å². The molecule has 0 radical (unpaired) electrons. The minimum Gasteiger partial charge on any atom is -0.476 e. The van der Waals surface area contributed by atoms with E-state index in [9.17, 15) is 14.7 Å². The lowest BCUT2D eigenvalue weighted by Crippen LogP contribution is -2.11. The van der Waals surface area contributed by atoms with Gasteiger partial charge in [0.1, 0.15) is 11.6 Å². The van der Waals surface area contributed by atoms with Crippen molar-refractivity contribution in [3.05, 3.63) is 64.2 Å². The fourth-order valence-electron chi connectivity index (χ4n) is 3.18. The van der Waals surface area contributed by atoms with E-state index in [1.165, 1.54) is 9.26 Å². The van der Waals surface area contributed by atoms with Gasteiger partial charge in [0.25, 0.3) is 5.56 Å². The van der Waals surface area contributed by atoms with Crippen LogP contribution in [0.25, 0.3) is 27.8 Å². The molecule has 8 heteroatoms. The number of carbonyl (C=O) groups is 1. The van der Waals surface area contributed by atoms with Crippen molar-refractivity contribution in [3.8, 4) is 22.3 Å². The van der Waals surface area contributed by atoms with Gasteiger partial charge in [-0.15, -0.1) is 0 Å². The van der Waals surface area contributed by atoms with Gasteiger partial charge >= 0.3 is 5.97 Å². The first kappa shape index (κ1) is 16.8. The van der Waals surface area contributed by atoms with Gasteiger partial charge in [0.15, 0.2) is 5.69 Å². The number of hydrogen-bond acceptors (Lipinski definition) is 5. The average Bonchev–Trinajstić information content (AvgIpc) is 3.15. The lowest BCUT2D eigenvalue weighted by molar-refractivity contribution is 0.0691. The van der Waals surface area contributed by atoms with Gasteiger partial charge in [-0.3, -0.25) is 4.79 Å². The number of carboxylic acids is 1. The van der Waals surface area contributed by atoms with Gasteiger partial charge in [-0.25, -0.2) is 14.3 Å². The van der Waals surface area contributed by atoms with Gasteiger partial charge in [0.2, 0.25) is 0 Å². The highest BCUT2D eigenvalue weighted by molar-refractivity contribution is 5.94. The fourth-order valence-corrected chi connectivity index (χ4v) is 3.18. The molecule has 3 heterocycles. The zero-order valence-electron chi connectivity index (χ0n) is 14.9. The van der Waals surface area contributed by atoms with Gasteiger partial charge in [0.05, 0.1) is 11.1 Å². The molecular weight excluding hydrogens is 348 g/mol. The summed E-state index contributed by atoms with van der Waals surface area (Å²) < 4.78 is 8.05. The minimum atomic E-state index is -1.10. The molecule has 0 bridgehead atoms. The lowest BCUT2D eigenvalue weighted by Gasteiger charge is -2.00. The Morgan fingerprint density at radius 3 is 2.37 bits per heavy atom. The quantitative estimate of drug-likeness (QED) is 0.599. The van der Waals surface area contributed by atoms with Crippen molar-refractivity contribution in [2.75, 3.05) is 0 Å². The van der Waals surface area contributed by atoms with Gasteiger partial charge in [-0.05, 0) is 31.0 Å². The van der Waals surface area contributed by atoms with E-state index in [2.05, 4.69) is 10.1 Å². The second-order valence-electron chi connectivity index (χ2n) is 6.27. The maximum Gasteiger partial charge on any atom is 0.356 e. The number of aryl methyl sites for hydroxylation is 3. The van der Waals surface area contributed by atoms with Crippen molar-refractivity contribution in [3.63, 3.8) is 0 Å². The Labute approximate surface area is 153 Å². The molecule has 4 rings (SSSR count). The molecule has 0 fully saturated rings. The fraction of sp³-hybridized carbons (Fsp3) is 0.158. The number of carboxylic acid groups (broad SMARTS) is 1. The summed E-state index contributed by atoms with van der Waals surface area (Å²) in [6.45, 7) is 3.40. The third-order valence-electron chi connectivity index (χ3n) is 4.40. The average molecular weight is 364 g/mol. The van der Waals surface area contributed by atoms with Crippen LogP contribution in [0.5, 0.6) is 0 Å². The van der Waals surface area contributed by atoms with Crippen molar-refractivity contribution in [1.29, 1.82) is 0 Å². The van der Waals surface area contributed by atoms with Crippen molar-refractivity contribution < 1.29 is 14.4 Å². The Morgan fingerprint density at radius 2 is 1.78 bits per heavy atom. The highest BCUT2D eigenvalue weighted by Gasteiger charge is 2.16. The molecular formula is C19H16N4O4. The van der Waals surface area contributed by atoms with E-state index in [1.54, 1.807) is 33.2 Å². The highest BCUT2D eigenvalue weighted by atomic mass is 16.5. The number of rotatable bonds is 3. The molecule has 0 saturated heterocycles. The predicted octanol–water partition coefficient (Wildman–Crippen LogP) is 2.67. The van der Waals surface area contributed by atoms with Gasteiger partial charge in [-0.1, -0.05) is 24.3 Å². The van der Waals surface area contributed by atoms with E-state index in [-0.39, 0.29) is 11.3 Å². The van der Waals surface area contributed by atoms with E-state index >= 15 is 0 Å². The molecule has 0 aliphatic heterocycles. The molecule has 136 valence electrons. The summed E-state index contributed by atoms with van der Waals surface area (Å²) in [4.78, 5) is 27.6. The molecule has 0 unspecified atom stereocenters. The third kappa shape index (κ3) is 2.71. The number of fused-ring (bicyclic) bond motifs is 1. The highest BCUT2D eigenvalue weighted by Crippen LogP contribution is 2.27. The van der Waals surface area contributed by atoms with Gasteiger partial charge in [-0.2, -0.15) is 9.84 Å². The monoisotopic (exact) mass is 364 g/mol. The number of aromatic nitrogens is 4. The van der Waals surface area contributed by atoms with Crippen LogP contribution in [0.3, 0.4) is 0 Å². The predicted molar refractivity (Wildman–Crippen MR) is 97.8 cm³/mol. The molecule has 0 aliphatic carbocycles. The first-order valence-electron chi connectivity index (χ1n) is 8.23. The van der Waals surface area contributed by atoms with Gasteiger partial charge < -0.3 is 9.63 Å². The minimum absolute atomic E-state index is 0.0390. The second kappa shape index (κ2) is 5.94. The van der Waals surface area contributed by atoms with Crippen molar-refractivity contribution in [2.24, 2.45) is 7.05 Å². The number of hydrogen-bond donors (Lipinski definition) is 1. The Bertz CT molecular complexity index is 1250. The molecule has 0 aliphatic rings. The van der Waals surface area contributed by atoms with Crippen LogP contribution in [-0.2, 0) is 7.05 Å². The summed E-state index contributed by atoms with van der Waals surface area (Å²) >= 11 is 0. The molecule has 1 aromatic carbocycles. The third-order valence-corrected chi connectivity index (χ3v) is 4.40. The van der Waals surface area contributed by atoms with Crippen LogP contribution >= 0.6 is 0 Å². The summed E-state index contributed by atoms with van der Waals surface area (Å²) in [5.74, 6) is -0.165. The Kier molecular flexibility index (Phi) is 3.69. The SMILES string of the molecule is Cc1nc(C(=O)O)c2cc(-c3ccc(-c4c(C)on(C)c4=O)cc3)cn2n1. The van der Waals surface area contributed by atoms with Crippen molar-refractivity contribution in [2.45, 2.75) is 13.8 Å². The summed E-state index contributed by atoms with van der Waals surface area (Å²) in [5.41, 5.74) is 3.16. The molecule has 8 nitrogen and oxygen atoms in total. The largest absolute Gasteiger partial charge is 0.476 e. The molecule has 0 atom stereocenters.